The van der Waals surface area contributed by atoms with Crippen LogP contribution in [-0.2, 0) is 6.61 Å². The van der Waals surface area contributed by atoms with Gasteiger partial charge in [0.1, 0.15) is 12.4 Å². The summed E-state index contributed by atoms with van der Waals surface area (Å²) >= 11 is 0. The predicted molar refractivity (Wildman–Crippen MR) is 104 cm³/mol. The average Bonchev–Trinajstić information content (AvgIpc) is 2.71. The molecule has 3 nitrogen and oxygen atoms in total. The van der Waals surface area contributed by atoms with E-state index in [-0.39, 0.29) is 0 Å². The van der Waals surface area contributed by atoms with Crippen molar-refractivity contribution in [3.63, 3.8) is 0 Å². The lowest BCUT2D eigenvalue weighted by atomic mass is 9.95. The molecule has 0 aliphatic carbocycles. The molecule has 5 aromatic rings. The van der Waals surface area contributed by atoms with Gasteiger partial charge in [-0.1, -0.05) is 48.5 Å². The number of benzene rings is 3. The summed E-state index contributed by atoms with van der Waals surface area (Å²) in [6.45, 7) is 0.542. The van der Waals surface area contributed by atoms with Crippen molar-refractivity contribution in [3.8, 4) is 17.0 Å². The van der Waals surface area contributed by atoms with Crippen LogP contribution < -0.4 is 4.74 Å². The minimum absolute atomic E-state index is 0.542. The monoisotopic (exact) mass is 334 g/mol. The molecule has 0 unspecified atom stereocenters. The third-order valence-corrected chi connectivity index (χ3v) is 5.16. The molecule has 1 aliphatic heterocycles. The zero-order chi connectivity index (χ0) is 17.1. The lowest BCUT2D eigenvalue weighted by Crippen LogP contribution is -2.08. The molecule has 0 bridgehead atoms. The van der Waals surface area contributed by atoms with E-state index in [4.69, 9.17) is 9.72 Å². The molecule has 0 saturated heterocycles. The van der Waals surface area contributed by atoms with Crippen molar-refractivity contribution >= 4 is 32.6 Å². The Morgan fingerprint density at radius 1 is 0.769 bits per heavy atom. The molecule has 3 aromatic carbocycles. The predicted octanol–water partition coefficient (Wildman–Crippen LogP) is 5.50. The molecule has 0 fully saturated rings. The molecule has 26 heavy (non-hydrogen) atoms. The van der Waals surface area contributed by atoms with E-state index in [1.165, 1.54) is 10.8 Å². The Bertz CT molecular complexity index is 1340. The van der Waals surface area contributed by atoms with Gasteiger partial charge in [-0.05, 0) is 29.0 Å². The number of hydrogen-bond donors (Lipinski definition) is 0. The lowest BCUT2D eigenvalue weighted by molar-refractivity contribution is 0.302. The Morgan fingerprint density at radius 3 is 2.58 bits per heavy atom. The van der Waals surface area contributed by atoms with E-state index in [0.717, 1.165) is 44.4 Å². The van der Waals surface area contributed by atoms with Gasteiger partial charge < -0.3 is 4.74 Å². The van der Waals surface area contributed by atoms with E-state index in [1.807, 2.05) is 30.5 Å². The van der Waals surface area contributed by atoms with Crippen LogP contribution in [0.4, 0.5) is 0 Å². The first-order chi connectivity index (χ1) is 12.9. The summed E-state index contributed by atoms with van der Waals surface area (Å²) < 4.78 is 6.06. The standard InChI is InChI=1S/C23H14N2O/c1-2-6-16-14(5-1)9-10-21-22(16)23-15(13-26-21)11-18-17-7-3-4-8-19(17)24-12-20(18)25-23/h1-12H,13H2. The summed E-state index contributed by atoms with van der Waals surface area (Å²) in [5.74, 6) is 0.900. The van der Waals surface area contributed by atoms with Crippen LogP contribution in [0, 0.1) is 0 Å². The van der Waals surface area contributed by atoms with Crippen molar-refractivity contribution in [1.29, 1.82) is 0 Å². The Kier molecular flexibility index (Phi) is 2.66. The maximum atomic E-state index is 6.06. The zero-order valence-corrected chi connectivity index (χ0v) is 13.9. The minimum atomic E-state index is 0.542. The van der Waals surface area contributed by atoms with Gasteiger partial charge in [-0.2, -0.15) is 0 Å². The number of fused-ring (bicyclic) bond motifs is 8. The molecule has 1 aliphatic rings. The fourth-order valence-electron chi connectivity index (χ4n) is 3.93. The largest absolute Gasteiger partial charge is 0.488 e. The van der Waals surface area contributed by atoms with Gasteiger partial charge in [0, 0.05) is 16.3 Å². The van der Waals surface area contributed by atoms with Crippen LogP contribution in [0.2, 0.25) is 0 Å². The van der Waals surface area contributed by atoms with Gasteiger partial charge in [-0.25, -0.2) is 4.98 Å². The number of para-hydroxylation sites is 1. The molecule has 122 valence electrons. The molecule has 0 radical (unpaired) electrons. The summed E-state index contributed by atoms with van der Waals surface area (Å²) in [6, 6.07) is 22.9. The molecule has 3 heterocycles. The molecule has 6 rings (SSSR count). The van der Waals surface area contributed by atoms with Crippen LogP contribution >= 0.6 is 0 Å². The van der Waals surface area contributed by atoms with Crippen LogP contribution in [0.25, 0.3) is 43.8 Å². The molecular weight excluding hydrogens is 320 g/mol. The highest BCUT2D eigenvalue weighted by molar-refractivity contribution is 6.06. The van der Waals surface area contributed by atoms with E-state index in [1.54, 1.807) is 0 Å². The first kappa shape index (κ1) is 13.8. The SMILES string of the molecule is c1ccc2c3c(ccc2c1)OCc1cc2c(cnc4ccccc42)nc1-3. The Labute approximate surface area is 149 Å². The molecular formula is C23H14N2O. The smallest absolute Gasteiger partial charge is 0.129 e. The molecule has 0 N–H and O–H groups in total. The second kappa shape index (κ2) is 5.02. The molecule has 0 saturated carbocycles. The normalized spacial score (nSPS) is 12.8. The van der Waals surface area contributed by atoms with Gasteiger partial charge >= 0.3 is 0 Å². The Morgan fingerprint density at radius 2 is 1.62 bits per heavy atom. The van der Waals surface area contributed by atoms with Crippen LogP contribution in [0.3, 0.4) is 0 Å². The lowest BCUT2D eigenvalue weighted by Gasteiger charge is -2.22. The zero-order valence-electron chi connectivity index (χ0n) is 13.9. The van der Waals surface area contributed by atoms with Crippen molar-refractivity contribution in [2.75, 3.05) is 0 Å². The summed E-state index contributed by atoms with van der Waals surface area (Å²) in [6.07, 6.45) is 1.87. The number of nitrogens with zero attached hydrogens (tertiary/aromatic N) is 2. The average molecular weight is 334 g/mol. The molecule has 0 spiro atoms. The maximum absolute atomic E-state index is 6.06. The quantitative estimate of drug-likeness (QED) is 0.351. The van der Waals surface area contributed by atoms with Crippen molar-refractivity contribution in [2.24, 2.45) is 0 Å². The Hall–Kier alpha value is -3.46. The second-order valence-corrected chi connectivity index (χ2v) is 6.65. The fraction of sp³-hybridized carbons (Fsp3) is 0.0435. The van der Waals surface area contributed by atoms with Gasteiger partial charge in [0.2, 0.25) is 0 Å². The second-order valence-electron chi connectivity index (χ2n) is 6.65. The van der Waals surface area contributed by atoms with E-state index >= 15 is 0 Å². The summed E-state index contributed by atoms with van der Waals surface area (Å²) in [5.41, 5.74) is 5.12. The highest BCUT2D eigenvalue weighted by Gasteiger charge is 2.22. The molecule has 2 aromatic heterocycles. The first-order valence-electron chi connectivity index (χ1n) is 8.71. The highest BCUT2D eigenvalue weighted by atomic mass is 16.5. The number of rotatable bonds is 0. The van der Waals surface area contributed by atoms with E-state index in [0.29, 0.717) is 6.61 Å². The van der Waals surface area contributed by atoms with E-state index < -0.39 is 0 Å². The van der Waals surface area contributed by atoms with Crippen molar-refractivity contribution in [2.45, 2.75) is 6.61 Å². The summed E-state index contributed by atoms with van der Waals surface area (Å²) in [5, 5.41) is 4.62. The van der Waals surface area contributed by atoms with Gasteiger partial charge in [-0.15, -0.1) is 0 Å². The molecule has 0 atom stereocenters. The molecule has 3 heteroatoms. The van der Waals surface area contributed by atoms with Crippen LogP contribution in [0.5, 0.6) is 5.75 Å². The number of pyridine rings is 2. The van der Waals surface area contributed by atoms with Gasteiger partial charge in [0.05, 0.1) is 28.5 Å². The third kappa shape index (κ3) is 1.83. The number of hydrogen-bond acceptors (Lipinski definition) is 3. The molecule has 0 amide bonds. The maximum Gasteiger partial charge on any atom is 0.129 e. The van der Waals surface area contributed by atoms with E-state index in [9.17, 15) is 0 Å². The highest BCUT2D eigenvalue weighted by Crippen LogP contribution is 2.42. The van der Waals surface area contributed by atoms with E-state index in [2.05, 4.69) is 47.4 Å². The van der Waals surface area contributed by atoms with Crippen molar-refractivity contribution in [1.82, 2.24) is 9.97 Å². The van der Waals surface area contributed by atoms with Gasteiger partial charge in [0.25, 0.3) is 0 Å². The van der Waals surface area contributed by atoms with Gasteiger partial charge in [0.15, 0.2) is 0 Å². The number of ether oxygens (including phenoxy) is 1. The first-order valence-corrected chi connectivity index (χ1v) is 8.71. The van der Waals surface area contributed by atoms with Crippen LogP contribution in [-0.4, -0.2) is 9.97 Å². The summed E-state index contributed by atoms with van der Waals surface area (Å²) in [4.78, 5) is 9.60. The van der Waals surface area contributed by atoms with Gasteiger partial charge in [-0.3, -0.25) is 4.98 Å². The van der Waals surface area contributed by atoms with Crippen LogP contribution in [0.15, 0.2) is 72.9 Å². The third-order valence-electron chi connectivity index (χ3n) is 5.16. The van der Waals surface area contributed by atoms with Crippen molar-refractivity contribution < 1.29 is 4.74 Å². The van der Waals surface area contributed by atoms with Crippen molar-refractivity contribution in [3.05, 3.63) is 78.5 Å². The van der Waals surface area contributed by atoms with Crippen LogP contribution in [0.1, 0.15) is 5.56 Å². The Balaban J connectivity index is 1.74. The fourth-order valence-corrected chi connectivity index (χ4v) is 3.93. The topological polar surface area (TPSA) is 35.0 Å². The number of aromatic nitrogens is 2. The minimum Gasteiger partial charge on any atom is -0.488 e. The summed E-state index contributed by atoms with van der Waals surface area (Å²) in [7, 11) is 0.